The fraction of sp³-hybridized carbons (Fsp3) is 0.423. The fourth-order valence-corrected chi connectivity index (χ4v) is 4.71. The van der Waals surface area contributed by atoms with Crippen molar-refractivity contribution in [3.8, 4) is 11.5 Å². The molecule has 1 N–H and O–H groups in total. The number of aryl methyl sites for hydroxylation is 1. The zero-order valence-electron chi connectivity index (χ0n) is 19.1. The molecule has 0 bridgehead atoms. The van der Waals surface area contributed by atoms with Crippen LogP contribution >= 0.6 is 0 Å². The number of aromatic nitrogens is 1. The third kappa shape index (κ3) is 4.07. The molecule has 2 aromatic carbocycles. The summed E-state index contributed by atoms with van der Waals surface area (Å²) in [5.74, 6) is 2.12. The van der Waals surface area contributed by atoms with E-state index in [2.05, 4.69) is 54.4 Å². The van der Waals surface area contributed by atoms with Crippen LogP contribution in [0.2, 0.25) is 0 Å². The van der Waals surface area contributed by atoms with Crippen LogP contribution in [0.4, 0.5) is 5.69 Å². The standard InChI is InChI=1S/C26H31N3O3/c1-17(2)19-5-6-23-21(13-19)22(14-26(30)28(23)3)27-20-8-10-29(11-9-20)15-18-4-7-24-25(12-18)32-16-31-24/h4-7,12-14,17,20,27H,8-11,15-16H2,1-3H3. The molecule has 0 amide bonds. The Hall–Kier alpha value is -2.99. The highest BCUT2D eigenvalue weighted by Crippen LogP contribution is 2.33. The summed E-state index contributed by atoms with van der Waals surface area (Å²) >= 11 is 0. The number of pyridine rings is 1. The van der Waals surface area contributed by atoms with Gasteiger partial charge in [0.1, 0.15) is 0 Å². The second-order valence-corrected chi connectivity index (χ2v) is 9.27. The van der Waals surface area contributed by atoms with Gasteiger partial charge in [0.2, 0.25) is 6.79 Å². The third-order valence-electron chi connectivity index (χ3n) is 6.73. The summed E-state index contributed by atoms with van der Waals surface area (Å²) in [6, 6.07) is 14.8. The highest BCUT2D eigenvalue weighted by molar-refractivity contribution is 5.92. The van der Waals surface area contributed by atoms with Crippen molar-refractivity contribution in [3.05, 3.63) is 63.9 Å². The Morgan fingerprint density at radius 2 is 1.81 bits per heavy atom. The molecule has 1 saturated heterocycles. The van der Waals surface area contributed by atoms with Gasteiger partial charge in [-0.2, -0.15) is 0 Å². The van der Waals surface area contributed by atoms with Gasteiger partial charge in [-0.15, -0.1) is 0 Å². The predicted octanol–water partition coefficient (Wildman–Crippen LogP) is 4.47. The van der Waals surface area contributed by atoms with Gasteiger partial charge in [0.05, 0.1) is 5.52 Å². The van der Waals surface area contributed by atoms with Gasteiger partial charge in [-0.05, 0) is 54.2 Å². The van der Waals surface area contributed by atoms with E-state index in [1.807, 2.05) is 13.1 Å². The molecule has 32 heavy (non-hydrogen) atoms. The first-order chi connectivity index (χ1) is 15.5. The van der Waals surface area contributed by atoms with Gasteiger partial charge in [-0.1, -0.05) is 26.0 Å². The van der Waals surface area contributed by atoms with E-state index in [-0.39, 0.29) is 5.56 Å². The maximum atomic E-state index is 12.5. The van der Waals surface area contributed by atoms with E-state index in [0.29, 0.717) is 18.8 Å². The number of nitrogens with one attached hydrogen (secondary N) is 1. The van der Waals surface area contributed by atoms with E-state index >= 15 is 0 Å². The van der Waals surface area contributed by atoms with Crippen LogP contribution < -0.4 is 20.3 Å². The van der Waals surface area contributed by atoms with Crippen molar-refractivity contribution in [1.29, 1.82) is 0 Å². The second-order valence-electron chi connectivity index (χ2n) is 9.27. The van der Waals surface area contributed by atoms with Crippen LogP contribution in [-0.4, -0.2) is 35.4 Å². The molecule has 5 rings (SSSR count). The number of piperidine rings is 1. The highest BCUT2D eigenvalue weighted by atomic mass is 16.7. The maximum Gasteiger partial charge on any atom is 0.252 e. The lowest BCUT2D eigenvalue weighted by atomic mass is 9.99. The molecule has 3 heterocycles. The minimum Gasteiger partial charge on any atom is -0.454 e. The molecule has 0 saturated carbocycles. The number of likely N-dealkylation sites (tertiary alicyclic amines) is 1. The Balaban J connectivity index is 1.28. The molecule has 2 aliphatic heterocycles. The van der Waals surface area contributed by atoms with Crippen molar-refractivity contribution >= 4 is 16.6 Å². The number of rotatable bonds is 5. The topological polar surface area (TPSA) is 55.7 Å². The summed E-state index contributed by atoms with van der Waals surface area (Å²) < 4.78 is 12.7. The van der Waals surface area contributed by atoms with Gasteiger partial charge >= 0.3 is 0 Å². The van der Waals surface area contributed by atoms with Gasteiger partial charge in [0.15, 0.2) is 11.5 Å². The monoisotopic (exact) mass is 433 g/mol. The van der Waals surface area contributed by atoms with Gasteiger partial charge < -0.3 is 19.4 Å². The minimum atomic E-state index is 0.0255. The first-order valence-electron chi connectivity index (χ1n) is 11.5. The molecule has 1 fully saturated rings. The molecule has 6 heteroatoms. The summed E-state index contributed by atoms with van der Waals surface area (Å²) in [5, 5.41) is 4.83. The van der Waals surface area contributed by atoms with Crippen molar-refractivity contribution in [2.24, 2.45) is 7.05 Å². The Bertz CT molecular complexity index is 1190. The van der Waals surface area contributed by atoms with E-state index in [0.717, 1.165) is 60.6 Å². The van der Waals surface area contributed by atoms with E-state index in [4.69, 9.17) is 9.47 Å². The average Bonchev–Trinajstić information content (AvgIpc) is 3.26. The predicted molar refractivity (Wildman–Crippen MR) is 128 cm³/mol. The minimum absolute atomic E-state index is 0.0255. The van der Waals surface area contributed by atoms with Crippen molar-refractivity contribution in [2.45, 2.75) is 45.2 Å². The van der Waals surface area contributed by atoms with Crippen LogP contribution in [0.5, 0.6) is 11.5 Å². The normalized spacial score (nSPS) is 16.8. The number of ether oxygens (including phenoxy) is 2. The first-order valence-corrected chi connectivity index (χ1v) is 11.5. The van der Waals surface area contributed by atoms with Crippen LogP contribution in [0.25, 0.3) is 10.9 Å². The molecule has 0 atom stereocenters. The number of benzene rings is 2. The lowest BCUT2D eigenvalue weighted by Crippen LogP contribution is -2.38. The molecule has 0 spiro atoms. The Labute approximate surface area is 188 Å². The number of anilines is 1. The molecular formula is C26H31N3O3. The summed E-state index contributed by atoms with van der Waals surface area (Å²) in [4.78, 5) is 15.0. The fourth-order valence-electron chi connectivity index (χ4n) is 4.71. The largest absolute Gasteiger partial charge is 0.454 e. The summed E-state index contributed by atoms with van der Waals surface area (Å²) in [5.41, 5.74) is 4.50. The molecule has 168 valence electrons. The zero-order valence-corrected chi connectivity index (χ0v) is 19.1. The third-order valence-corrected chi connectivity index (χ3v) is 6.73. The number of fused-ring (bicyclic) bond motifs is 2. The Morgan fingerprint density at radius 1 is 1.03 bits per heavy atom. The number of hydrogen-bond donors (Lipinski definition) is 1. The van der Waals surface area contributed by atoms with Gasteiger partial charge in [-0.25, -0.2) is 0 Å². The summed E-state index contributed by atoms with van der Waals surface area (Å²) in [6.07, 6.45) is 2.09. The van der Waals surface area contributed by atoms with Crippen molar-refractivity contribution < 1.29 is 9.47 Å². The van der Waals surface area contributed by atoms with Crippen molar-refractivity contribution in [2.75, 3.05) is 25.2 Å². The molecule has 0 radical (unpaired) electrons. The molecule has 6 nitrogen and oxygen atoms in total. The lowest BCUT2D eigenvalue weighted by molar-refractivity contribution is 0.173. The van der Waals surface area contributed by atoms with Crippen molar-refractivity contribution in [3.63, 3.8) is 0 Å². The van der Waals surface area contributed by atoms with Gasteiger partial charge in [0, 0.05) is 49.9 Å². The summed E-state index contributed by atoms with van der Waals surface area (Å²) in [7, 11) is 1.85. The number of nitrogens with zero attached hydrogens (tertiary/aromatic N) is 2. The summed E-state index contributed by atoms with van der Waals surface area (Å²) in [6.45, 7) is 7.66. The van der Waals surface area contributed by atoms with Crippen LogP contribution in [-0.2, 0) is 13.6 Å². The Morgan fingerprint density at radius 3 is 2.59 bits per heavy atom. The molecule has 0 unspecified atom stereocenters. The van der Waals surface area contributed by atoms with E-state index in [1.54, 1.807) is 10.6 Å². The quantitative estimate of drug-likeness (QED) is 0.644. The van der Waals surface area contributed by atoms with Gasteiger partial charge in [-0.3, -0.25) is 9.69 Å². The Kier molecular flexibility index (Phi) is 5.55. The number of hydrogen-bond acceptors (Lipinski definition) is 5. The maximum absolute atomic E-state index is 12.5. The molecular weight excluding hydrogens is 402 g/mol. The molecule has 3 aromatic rings. The molecule has 0 aliphatic carbocycles. The molecule has 2 aliphatic rings. The van der Waals surface area contributed by atoms with E-state index in [1.165, 1.54) is 11.1 Å². The SMILES string of the molecule is CC(C)c1ccc2c(c1)c(NC1CCN(Cc3ccc4c(c3)OCO4)CC1)cc(=O)n2C. The average molecular weight is 434 g/mol. The highest BCUT2D eigenvalue weighted by Gasteiger charge is 2.21. The van der Waals surface area contributed by atoms with Crippen molar-refractivity contribution in [1.82, 2.24) is 9.47 Å². The second kappa shape index (κ2) is 8.51. The van der Waals surface area contributed by atoms with E-state index in [9.17, 15) is 4.79 Å². The zero-order chi connectivity index (χ0) is 22.2. The smallest absolute Gasteiger partial charge is 0.252 e. The first kappa shape index (κ1) is 20.9. The van der Waals surface area contributed by atoms with Crippen LogP contribution in [0.1, 0.15) is 43.7 Å². The van der Waals surface area contributed by atoms with Crippen LogP contribution in [0.3, 0.4) is 0 Å². The lowest BCUT2D eigenvalue weighted by Gasteiger charge is -2.33. The van der Waals surface area contributed by atoms with E-state index < -0.39 is 0 Å². The van der Waals surface area contributed by atoms with Crippen LogP contribution in [0.15, 0.2) is 47.3 Å². The van der Waals surface area contributed by atoms with Crippen LogP contribution in [0, 0.1) is 0 Å². The van der Waals surface area contributed by atoms with Gasteiger partial charge in [0.25, 0.3) is 5.56 Å². The molecule has 1 aromatic heterocycles.